The second kappa shape index (κ2) is 8.88. The number of hydrogen-bond acceptors (Lipinski definition) is 5. The van der Waals surface area contributed by atoms with Gasteiger partial charge >= 0.3 is 0 Å². The van der Waals surface area contributed by atoms with Gasteiger partial charge in [-0.3, -0.25) is 25.2 Å². The van der Waals surface area contributed by atoms with Crippen molar-refractivity contribution in [1.29, 1.82) is 0 Å². The molecule has 7 nitrogen and oxygen atoms in total. The normalized spacial score (nSPS) is 16.4. The topological polar surface area (TPSA) is 81.8 Å². The minimum absolute atomic E-state index is 0.139. The van der Waals surface area contributed by atoms with Crippen LogP contribution in [-0.2, 0) is 4.79 Å². The van der Waals surface area contributed by atoms with Gasteiger partial charge in [-0.15, -0.1) is 11.3 Å². The van der Waals surface area contributed by atoms with E-state index in [1.54, 1.807) is 29.2 Å². The lowest BCUT2D eigenvalue weighted by molar-refractivity contribution is -0.127. The average Bonchev–Trinajstić information content (AvgIpc) is 3.26. The predicted molar refractivity (Wildman–Crippen MR) is 109 cm³/mol. The largest absolute Gasteiger partial charge is 0.378 e. The minimum Gasteiger partial charge on any atom is -0.378 e. The molecule has 1 atom stereocenters. The van der Waals surface area contributed by atoms with Gasteiger partial charge in [-0.05, 0) is 48.9 Å². The summed E-state index contributed by atoms with van der Waals surface area (Å²) in [5, 5.41) is 1.84. The fourth-order valence-electron chi connectivity index (χ4n) is 3.19. The average molecular weight is 401 g/mol. The van der Waals surface area contributed by atoms with E-state index in [0.29, 0.717) is 23.4 Å². The summed E-state index contributed by atoms with van der Waals surface area (Å²) in [6.07, 6.45) is 2.31. The maximum Gasteiger partial charge on any atom is 0.269 e. The van der Waals surface area contributed by atoms with Crippen LogP contribution in [0.2, 0.25) is 0 Å². The van der Waals surface area contributed by atoms with Crippen molar-refractivity contribution in [2.24, 2.45) is 0 Å². The van der Waals surface area contributed by atoms with Crippen LogP contribution >= 0.6 is 11.3 Å². The molecule has 1 aromatic heterocycles. The van der Waals surface area contributed by atoms with Gasteiger partial charge in [0.1, 0.15) is 6.04 Å². The van der Waals surface area contributed by atoms with E-state index in [-0.39, 0.29) is 11.8 Å². The Kier molecular flexibility index (Phi) is 6.30. The molecule has 1 unspecified atom stereocenters. The summed E-state index contributed by atoms with van der Waals surface area (Å²) in [6.45, 7) is 0.535. The fraction of sp³-hybridized carbons (Fsp3) is 0.350. The molecule has 1 fully saturated rings. The number of amides is 3. The summed E-state index contributed by atoms with van der Waals surface area (Å²) in [7, 11) is 3.78. The van der Waals surface area contributed by atoms with Gasteiger partial charge in [0.15, 0.2) is 0 Å². The summed E-state index contributed by atoms with van der Waals surface area (Å²) in [5.41, 5.74) is 6.28. The van der Waals surface area contributed by atoms with Gasteiger partial charge in [-0.25, -0.2) is 0 Å². The number of benzene rings is 1. The number of anilines is 1. The zero-order chi connectivity index (χ0) is 20.1. The van der Waals surface area contributed by atoms with E-state index in [1.165, 1.54) is 11.3 Å². The molecule has 3 amide bonds. The number of carbonyl (C=O) groups is 3. The Balaban J connectivity index is 1.63. The molecule has 2 heterocycles. The molecule has 0 bridgehead atoms. The molecular formula is C20H24N4O3S. The van der Waals surface area contributed by atoms with Crippen molar-refractivity contribution >= 4 is 34.7 Å². The third-order valence-corrected chi connectivity index (χ3v) is 5.58. The maximum atomic E-state index is 12.7. The maximum absolute atomic E-state index is 12.7. The van der Waals surface area contributed by atoms with Crippen LogP contribution < -0.4 is 15.8 Å². The van der Waals surface area contributed by atoms with Crippen molar-refractivity contribution in [2.75, 3.05) is 25.5 Å². The highest BCUT2D eigenvalue weighted by atomic mass is 32.1. The Hall–Kier alpha value is -2.87. The second-order valence-electron chi connectivity index (χ2n) is 6.88. The number of likely N-dealkylation sites (tertiary alicyclic amines) is 1. The fourth-order valence-corrected chi connectivity index (χ4v) is 3.87. The molecule has 2 aromatic rings. The van der Waals surface area contributed by atoms with Gasteiger partial charge in [-0.1, -0.05) is 12.1 Å². The lowest BCUT2D eigenvalue weighted by Gasteiger charge is -2.34. The first-order valence-corrected chi connectivity index (χ1v) is 10.1. The number of nitrogens with one attached hydrogen (secondary N) is 2. The number of rotatable bonds is 4. The van der Waals surface area contributed by atoms with Gasteiger partial charge in [0, 0.05) is 31.9 Å². The molecule has 0 saturated carbocycles. The van der Waals surface area contributed by atoms with Gasteiger partial charge < -0.3 is 9.80 Å². The van der Waals surface area contributed by atoms with E-state index < -0.39 is 11.9 Å². The van der Waals surface area contributed by atoms with Crippen molar-refractivity contribution in [3.63, 3.8) is 0 Å². The predicted octanol–water partition coefficient (Wildman–Crippen LogP) is 2.27. The summed E-state index contributed by atoms with van der Waals surface area (Å²) in [6, 6.07) is 10.1. The van der Waals surface area contributed by atoms with Crippen LogP contribution in [0, 0.1) is 0 Å². The molecule has 28 heavy (non-hydrogen) atoms. The molecule has 1 aliphatic rings. The quantitative estimate of drug-likeness (QED) is 0.772. The molecule has 148 valence electrons. The van der Waals surface area contributed by atoms with Crippen molar-refractivity contribution in [2.45, 2.75) is 25.3 Å². The Labute approximate surface area is 168 Å². The number of piperidine rings is 1. The van der Waals surface area contributed by atoms with E-state index in [1.807, 2.05) is 36.5 Å². The summed E-state index contributed by atoms with van der Waals surface area (Å²) in [5.74, 6) is -0.912. The molecule has 1 aliphatic heterocycles. The van der Waals surface area contributed by atoms with Gasteiger partial charge in [0.2, 0.25) is 0 Å². The van der Waals surface area contributed by atoms with Crippen LogP contribution in [-0.4, -0.2) is 49.3 Å². The first-order valence-electron chi connectivity index (χ1n) is 9.19. The van der Waals surface area contributed by atoms with Crippen LogP contribution in [0.1, 0.15) is 39.3 Å². The first-order chi connectivity index (χ1) is 13.5. The van der Waals surface area contributed by atoms with Crippen LogP contribution in [0.4, 0.5) is 5.69 Å². The Morgan fingerprint density at radius 2 is 1.93 bits per heavy atom. The highest BCUT2D eigenvalue weighted by Crippen LogP contribution is 2.22. The third-order valence-electron chi connectivity index (χ3n) is 4.72. The molecule has 3 rings (SSSR count). The lowest BCUT2D eigenvalue weighted by atomic mass is 10.0. The van der Waals surface area contributed by atoms with Crippen molar-refractivity contribution in [3.8, 4) is 0 Å². The molecular weight excluding hydrogens is 376 g/mol. The molecule has 2 N–H and O–H groups in total. The second-order valence-corrected chi connectivity index (χ2v) is 7.82. The minimum atomic E-state index is -0.586. The summed E-state index contributed by atoms with van der Waals surface area (Å²) >= 11 is 1.36. The Bertz CT molecular complexity index is 851. The van der Waals surface area contributed by atoms with Crippen molar-refractivity contribution < 1.29 is 14.4 Å². The number of hydrazine groups is 1. The zero-order valence-electron chi connectivity index (χ0n) is 16.0. The number of carbonyl (C=O) groups excluding carboxylic acids is 3. The van der Waals surface area contributed by atoms with Crippen LogP contribution in [0.5, 0.6) is 0 Å². The van der Waals surface area contributed by atoms with Crippen LogP contribution in [0.25, 0.3) is 0 Å². The van der Waals surface area contributed by atoms with E-state index in [0.717, 1.165) is 18.5 Å². The standard InChI is InChI=1S/C20H24N4O3S/c1-23(2)15-8-5-7-14(13-15)18(25)21-22-19(26)16-9-3-4-11-24(16)20(27)17-10-6-12-28-17/h5-8,10,12-13,16H,3-4,9,11H2,1-2H3,(H,21,25)(H,22,26). The molecule has 1 aromatic carbocycles. The van der Waals surface area contributed by atoms with Crippen molar-refractivity contribution in [3.05, 3.63) is 52.2 Å². The van der Waals surface area contributed by atoms with Crippen molar-refractivity contribution in [1.82, 2.24) is 15.8 Å². The van der Waals surface area contributed by atoms with Gasteiger partial charge in [-0.2, -0.15) is 0 Å². The van der Waals surface area contributed by atoms with E-state index in [9.17, 15) is 14.4 Å². The molecule has 8 heteroatoms. The first kappa shape index (κ1) is 19.9. The van der Waals surface area contributed by atoms with Crippen LogP contribution in [0.3, 0.4) is 0 Å². The highest BCUT2D eigenvalue weighted by molar-refractivity contribution is 7.12. The van der Waals surface area contributed by atoms with Gasteiger partial charge in [0.05, 0.1) is 4.88 Å². The molecule has 0 spiro atoms. The Morgan fingerprint density at radius 1 is 1.11 bits per heavy atom. The summed E-state index contributed by atoms with van der Waals surface area (Å²) < 4.78 is 0. The van der Waals surface area contributed by atoms with E-state index in [4.69, 9.17) is 0 Å². The smallest absolute Gasteiger partial charge is 0.269 e. The SMILES string of the molecule is CN(C)c1cccc(C(=O)NNC(=O)C2CCCCN2C(=O)c2cccs2)c1. The number of nitrogens with zero attached hydrogens (tertiary/aromatic N) is 2. The number of hydrogen-bond donors (Lipinski definition) is 2. The molecule has 0 aliphatic carbocycles. The van der Waals surface area contributed by atoms with E-state index >= 15 is 0 Å². The Morgan fingerprint density at radius 3 is 2.64 bits per heavy atom. The number of thiophene rings is 1. The van der Waals surface area contributed by atoms with Crippen LogP contribution in [0.15, 0.2) is 41.8 Å². The third kappa shape index (κ3) is 4.51. The van der Waals surface area contributed by atoms with E-state index in [2.05, 4.69) is 10.9 Å². The van der Waals surface area contributed by atoms with Gasteiger partial charge in [0.25, 0.3) is 17.7 Å². The zero-order valence-corrected chi connectivity index (χ0v) is 16.8. The monoisotopic (exact) mass is 400 g/mol. The lowest BCUT2D eigenvalue weighted by Crippen LogP contribution is -2.55. The highest BCUT2D eigenvalue weighted by Gasteiger charge is 2.33. The summed E-state index contributed by atoms with van der Waals surface area (Å²) in [4.78, 5) is 41.9. The molecule has 1 saturated heterocycles. The molecule has 0 radical (unpaired) electrons.